The van der Waals surface area contributed by atoms with Crippen molar-refractivity contribution in [2.45, 2.75) is 32.7 Å². The van der Waals surface area contributed by atoms with Crippen LogP contribution in [-0.2, 0) is 4.79 Å². The minimum absolute atomic E-state index is 0.0668. The Kier molecular flexibility index (Phi) is 4.66. The van der Waals surface area contributed by atoms with E-state index >= 15 is 0 Å². The number of likely N-dealkylation sites (tertiary alicyclic amines) is 1. The highest BCUT2D eigenvalue weighted by molar-refractivity contribution is 7.18. The Bertz CT molecular complexity index is 545. The van der Waals surface area contributed by atoms with Gasteiger partial charge in [0, 0.05) is 19.1 Å². The van der Waals surface area contributed by atoms with Crippen molar-refractivity contribution in [1.29, 1.82) is 0 Å². The molecule has 2 atom stereocenters. The Labute approximate surface area is 127 Å². The topological polar surface area (TPSA) is 114 Å². The standard InChI is InChI=1S/C13H21N5O2S/c1-3-16-13-17-10(14)9(21-13)12(20)18-6-8(11(15)19)5-4-7(18)2/h7-8H,3-6,14H2,1-2H3,(H2,15,19)(H,16,17). The molecule has 2 heterocycles. The number of nitrogen functional groups attached to an aromatic ring is 1. The molecule has 2 unspecified atom stereocenters. The molecule has 0 saturated carbocycles. The molecule has 0 radical (unpaired) electrons. The zero-order valence-corrected chi connectivity index (χ0v) is 13.1. The largest absolute Gasteiger partial charge is 0.382 e. The predicted molar refractivity (Wildman–Crippen MR) is 83.1 cm³/mol. The van der Waals surface area contributed by atoms with Gasteiger partial charge in [0.05, 0.1) is 5.92 Å². The van der Waals surface area contributed by atoms with Gasteiger partial charge in [0.1, 0.15) is 10.7 Å². The second kappa shape index (κ2) is 6.30. The molecular formula is C13H21N5O2S. The number of thiazole rings is 1. The lowest BCUT2D eigenvalue weighted by atomic mass is 9.93. The van der Waals surface area contributed by atoms with Gasteiger partial charge < -0.3 is 21.7 Å². The van der Waals surface area contributed by atoms with Crippen molar-refractivity contribution in [2.24, 2.45) is 11.7 Å². The highest BCUT2D eigenvalue weighted by atomic mass is 32.1. The number of rotatable bonds is 4. The second-order valence-electron chi connectivity index (χ2n) is 5.25. The van der Waals surface area contributed by atoms with E-state index in [9.17, 15) is 9.59 Å². The van der Waals surface area contributed by atoms with E-state index in [1.54, 1.807) is 4.90 Å². The van der Waals surface area contributed by atoms with Crippen molar-refractivity contribution in [1.82, 2.24) is 9.88 Å². The zero-order chi connectivity index (χ0) is 15.6. The Hall–Kier alpha value is -1.83. The number of nitrogens with zero attached hydrogens (tertiary/aromatic N) is 2. The molecule has 8 heteroatoms. The summed E-state index contributed by atoms with van der Waals surface area (Å²) in [5, 5.41) is 3.68. The summed E-state index contributed by atoms with van der Waals surface area (Å²) in [5.74, 6) is -0.584. The van der Waals surface area contributed by atoms with Crippen LogP contribution in [0.5, 0.6) is 0 Å². The third-order valence-corrected chi connectivity index (χ3v) is 4.74. The number of amides is 2. The molecule has 0 spiro atoms. The SMILES string of the molecule is CCNc1nc(N)c(C(=O)N2CC(C(N)=O)CCC2C)s1. The minimum Gasteiger partial charge on any atom is -0.382 e. The molecule has 21 heavy (non-hydrogen) atoms. The van der Waals surface area contributed by atoms with Crippen molar-refractivity contribution in [3.63, 3.8) is 0 Å². The van der Waals surface area contributed by atoms with Crippen molar-refractivity contribution in [3.8, 4) is 0 Å². The van der Waals surface area contributed by atoms with E-state index in [0.717, 1.165) is 12.8 Å². The normalized spacial score (nSPS) is 22.1. The van der Waals surface area contributed by atoms with Crippen LogP contribution in [0.25, 0.3) is 0 Å². The molecule has 1 aliphatic rings. The average Bonchev–Trinajstić information content (AvgIpc) is 2.79. The molecule has 5 N–H and O–H groups in total. The lowest BCUT2D eigenvalue weighted by Gasteiger charge is -2.36. The first-order valence-corrected chi connectivity index (χ1v) is 7.86. The van der Waals surface area contributed by atoms with Gasteiger partial charge in [-0.3, -0.25) is 9.59 Å². The van der Waals surface area contributed by atoms with Crippen LogP contribution in [0.2, 0.25) is 0 Å². The van der Waals surface area contributed by atoms with E-state index in [1.807, 2.05) is 13.8 Å². The molecule has 0 aromatic carbocycles. The van der Waals surface area contributed by atoms with Gasteiger partial charge >= 0.3 is 0 Å². The maximum absolute atomic E-state index is 12.7. The Balaban J connectivity index is 2.19. The van der Waals surface area contributed by atoms with Crippen molar-refractivity contribution in [2.75, 3.05) is 24.1 Å². The van der Waals surface area contributed by atoms with E-state index in [-0.39, 0.29) is 29.6 Å². The minimum atomic E-state index is -0.356. The van der Waals surface area contributed by atoms with Gasteiger partial charge in [0.15, 0.2) is 5.13 Å². The van der Waals surface area contributed by atoms with Gasteiger partial charge in [0.2, 0.25) is 5.91 Å². The number of carbonyl (C=O) groups is 2. The number of aromatic nitrogens is 1. The summed E-state index contributed by atoms with van der Waals surface area (Å²) in [4.78, 5) is 30.3. The summed E-state index contributed by atoms with van der Waals surface area (Å²) >= 11 is 1.24. The summed E-state index contributed by atoms with van der Waals surface area (Å²) in [5.41, 5.74) is 11.2. The third-order valence-electron chi connectivity index (χ3n) is 3.72. The summed E-state index contributed by atoms with van der Waals surface area (Å²) in [7, 11) is 0. The molecular weight excluding hydrogens is 290 g/mol. The fourth-order valence-corrected chi connectivity index (χ4v) is 3.37. The summed E-state index contributed by atoms with van der Waals surface area (Å²) in [6.07, 6.45) is 1.49. The molecule has 2 amide bonds. The molecule has 1 saturated heterocycles. The zero-order valence-electron chi connectivity index (χ0n) is 12.3. The Morgan fingerprint density at radius 1 is 1.48 bits per heavy atom. The van der Waals surface area contributed by atoms with E-state index in [1.165, 1.54) is 11.3 Å². The maximum atomic E-state index is 12.7. The first kappa shape index (κ1) is 15.6. The molecule has 1 fully saturated rings. The first-order chi connectivity index (χ1) is 9.93. The Morgan fingerprint density at radius 2 is 2.19 bits per heavy atom. The number of anilines is 2. The summed E-state index contributed by atoms with van der Waals surface area (Å²) < 4.78 is 0. The van der Waals surface area contributed by atoms with Crippen LogP contribution in [-0.4, -0.2) is 40.8 Å². The van der Waals surface area contributed by atoms with Crippen LogP contribution in [0.1, 0.15) is 36.4 Å². The number of nitrogens with one attached hydrogen (secondary N) is 1. The highest BCUT2D eigenvalue weighted by Crippen LogP contribution is 2.30. The Morgan fingerprint density at radius 3 is 2.81 bits per heavy atom. The number of hydrogen-bond acceptors (Lipinski definition) is 6. The van der Waals surface area contributed by atoms with Gasteiger partial charge in [0.25, 0.3) is 5.91 Å². The summed E-state index contributed by atoms with van der Waals surface area (Å²) in [6.45, 7) is 4.98. The maximum Gasteiger partial charge on any atom is 0.268 e. The van der Waals surface area contributed by atoms with Gasteiger partial charge in [-0.05, 0) is 26.7 Å². The van der Waals surface area contributed by atoms with Gasteiger partial charge in [-0.2, -0.15) is 0 Å². The van der Waals surface area contributed by atoms with Gasteiger partial charge in [-0.25, -0.2) is 4.98 Å². The van der Waals surface area contributed by atoms with Crippen LogP contribution in [0.15, 0.2) is 0 Å². The van der Waals surface area contributed by atoms with Crippen molar-refractivity contribution in [3.05, 3.63) is 4.88 Å². The van der Waals surface area contributed by atoms with Gasteiger partial charge in [-0.15, -0.1) is 0 Å². The molecule has 1 aromatic heterocycles. The van der Waals surface area contributed by atoms with Crippen molar-refractivity contribution < 1.29 is 9.59 Å². The number of carbonyl (C=O) groups excluding carboxylic acids is 2. The fourth-order valence-electron chi connectivity index (χ4n) is 2.46. The van der Waals surface area contributed by atoms with Gasteiger partial charge in [-0.1, -0.05) is 11.3 Å². The van der Waals surface area contributed by atoms with E-state index in [2.05, 4.69) is 10.3 Å². The quantitative estimate of drug-likeness (QED) is 0.763. The lowest BCUT2D eigenvalue weighted by Crippen LogP contribution is -2.48. The molecule has 0 bridgehead atoms. The second-order valence-corrected chi connectivity index (χ2v) is 6.25. The molecule has 116 valence electrons. The smallest absolute Gasteiger partial charge is 0.268 e. The molecule has 7 nitrogen and oxygen atoms in total. The van der Waals surface area contributed by atoms with E-state index in [0.29, 0.717) is 23.1 Å². The monoisotopic (exact) mass is 311 g/mol. The molecule has 1 aliphatic heterocycles. The molecule has 0 aliphatic carbocycles. The lowest BCUT2D eigenvalue weighted by molar-refractivity contribution is -0.123. The van der Waals surface area contributed by atoms with Crippen LogP contribution in [0, 0.1) is 5.92 Å². The van der Waals surface area contributed by atoms with Crippen LogP contribution >= 0.6 is 11.3 Å². The van der Waals surface area contributed by atoms with Crippen LogP contribution in [0.4, 0.5) is 10.9 Å². The third kappa shape index (κ3) is 3.26. The number of primary amides is 1. The number of hydrogen-bond donors (Lipinski definition) is 3. The fraction of sp³-hybridized carbons (Fsp3) is 0.615. The summed E-state index contributed by atoms with van der Waals surface area (Å²) in [6, 6.07) is 0.0668. The van der Waals surface area contributed by atoms with E-state index < -0.39 is 0 Å². The first-order valence-electron chi connectivity index (χ1n) is 7.04. The average molecular weight is 311 g/mol. The van der Waals surface area contributed by atoms with Crippen LogP contribution < -0.4 is 16.8 Å². The number of nitrogens with two attached hydrogens (primary N) is 2. The van der Waals surface area contributed by atoms with E-state index in [4.69, 9.17) is 11.5 Å². The molecule has 1 aromatic rings. The highest BCUT2D eigenvalue weighted by Gasteiger charge is 2.33. The van der Waals surface area contributed by atoms with Crippen molar-refractivity contribution >= 4 is 34.1 Å². The molecule has 2 rings (SSSR count). The number of piperidine rings is 1. The predicted octanol–water partition coefficient (Wildman–Crippen LogP) is 0.883. The van der Waals surface area contributed by atoms with Crippen LogP contribution in [0.3, 0.4) is 0 Å².